The number of likely N-dealkylation sites (tertiary alicyclic amines) is 1. The molecule has 0 aliphatic carbocycles. The van der Waals surface area contributed by atoms with Gasteiger partial charge in [0, 0.05) is 31.6 Å². The topological polar surface area (TPSA) is 70.7 Å². The highest BCUT2D eigenvalue weighted by molar-refractivity contribution is 5.95. The number of nitrogens with one attached hydrogen (secondary N) is 2. The molecular formula is C22H27N3O3. The van der Waals surface area contributed by atoms with Gasteiger partial charge in [-0.15, -0.1) is 0 Å². The maximum atomic E-state index is 12.6. The second kappa shape index (κ2) is 10.0. The Bertz CT molecular complexity index is 795. The van der Waals surface area contributed by atoms with Crippen molar-refractivity contribution in [2.24, 2.45) is 5.92 Å². The van der Waals surface area contributed by atoms with Gasteiger partial charge in [-0.2, -0.15) is 0 Å². The van der Waals surface area contributed by atoms with Crippen LogP contribution in [0.5, 0.6) is 0 Å². The molecule has 6 nitrogen and oxygen atoms in total. The van der Waals surface area contributed by atoms with Crippen molar-refractivity contribution in [2.45, 2.75) is 12.8 Å². The molecule has 0 spiro atoms. The van der Waals surface area contributed by atoms with E-state index in [2.05, 4.69) is 15.5 Å². The highest BCUT2D eigenvalue weighted by Crippen LogP contribution is 2.20. The Morgan fingerprint density at radius 3 is 2.57 bits per heavy atom. The summed E-state index contributed by atoms with van der Waals surface area (Å²) in [5.74, 6) is -0.0832. The second-order valence-corrected chi connectivity index (χ2v) is 7.06. The number of carbonyl (C=O) groups is 2. The summed E-state index contributed by atoms with van der Waals surface area (Å²) < 4.78 is 5.10. The predicted molar refractivity (Wildman–Crippen MR) is 110 cm³/mol. The second-order valence-electron chi connectivity index (χ2n) is 7.06. The lowest BCUT2D eigenvalue weighted by Gasteiger charge is -2.15. The lowest BCUT2D eigenvalue weighted by atomic mass is 10.1. The van der Waals surface area contributed by atoms with Crippen molar-refractivity contribution in [3.63, 3.8) is 0 Å². The van der Waals surface area contributed by atoms with Crippen molar-refractivity contribution in [1.29, 1.82) is 0 Å². The fraction of sp³-hybridized carbons (Fsp3) is 0.364. The number of amides is 2. The first kappa shape index (κ1) is 20.0. The molecule has 6 heteroatoms. The van der Waals surface area contributed by atoms with E-state index in [1.54, 1.807) is 13.2 Å². The largest absolute Gasteiger partial charge is 0.383 e. The van der Waals surface area contributed by atoms with E-state index in [4.69, 9.17) is 4.74 Å². The summed E-state index contributed by atoms with van der Waals surface area (Å²) in [7, 11) is 1.69. The Balaban J connectivity index is 1.52. The van der Waals surface area contributed by atoms with Gasteiger partial charge in [0.1, 0.15) is 0 Å². The van der Waals surface area contributed by atoms with Crippen molar-refractivity contribution in [3.05, 3.63) is 60.2 Å². The maximum Gasteiger partial charge on any atom is 0.228 e. The molecule has 0 saturated carbocycles. The van der Waals surface area contributed by atoms with Gasteiger partial charge in [-0.25, -0.2) is 0 Å². The molecule has 2 N–H and O–H groups in total. The summed E-state index contributed by atoms with van der Waals surface area (Å²) in [5, 5.41) is 5.87. The van der Waals surface area contributed by atoms with Crippen LogP contribution < -0.4 is 10.6 Å². The summed E-state index contributed by atoms with van der Waals surface area (Å²) in [6.45, 7) is 3.20. The molecule has 1 fully saturated rings. The molecule has 3 rings (SSSR count). The molecule has 28 heavy (non-hydrogen) atoms. The number of methoxy groups -OCH3 is 1. The standard InChI is InChI=1S/C22H27N3O3/c1-28-13-12-25-11-10-18(16-25)22(27)24-20-9-5-8-19(15-20)23-21(26)14-17-6-3-2-4-7-17/h2-9,15,18H,10-14,16H2,1H3,(H,23,26)(H,24,27)/t18-/m0/s1. The van der Waals surface area contributed by atoms with E-state index in [0.717, 1.165) is 31.6 Å². The van der Waals surface area contributed by atoms with Crippen LogP contribution in [0.15, 0.2) is 54.6 Å². The van der Waals surface area contributed by atoms with Gasteiger partial charge >= 0.3 is 0 Å². The van der Waals surface area contributed by atoms with Crippen molar-refractivity contribution >= 4 is 23.2 Å². The van der Waals surface area contributed by atoms with Crippen molar-refractivity contribution < 1.29 is 14.3 Å². The zero-order valence-electron chi connectivity index (χ0n) is 16.2. The predicted octanol–water partition coefficient (Wildman–Crippen LogP) is 2.77. The van der Waals surface area contributed by atoms with Crippen molar-refractivity contribution in [1.82, 2.24) is 4.90 Å². The van der Waals surface area contributed by atoms with E-state index >= 15 is 0 Å². The number of anilines is 2. The van der Waals surface area contributed by atoms with E-state index in [0.29, 0.717) is 24.4 Å². The van der Waals surface area contributed by atoms with Gasteiger partial charge in [-0.05, 0) is 36.7 Å². The van der Waals surface area contributed by atoms with Crippen LogP contribution in [-0.4, -0.2) is 50.1 Å². The summed E-state index contributed by atoms with van der Waals surface area (Å²) >= 11 is 0. The fourth-order valence-corrected chi connectivity index (χ4v) is 3.38. The number of ether oxygens (including phenoxy) is 1. The Hall–Kier alpha value is -2.70. The van der Waals surface area contributed by atoms with Crippen LogP contribution in [0.2, 0.25) is 0 Å². The first-order valence-electron chi connectivity index (χ1n) is 9.60. The van der Waals surface area contributed by atoms with Crippen LogP contribution in [0.3, 0.4) is 0 Å². The fourth-order valence-electron chi connectivity index (χ4n) is 3.38. The number of rotatable bonds is 8. The van der Waals surface area contributed by atoms with Crippen molar-refractivity contribution in [3.8, 4) is 0 Å². The zero-order chi connectivity index (χ0) is 19.8. The number of hydrogen-bond acceptors (Lipinski definition) is 4. The van der Waals surface area contributed by atoms with E-state index in [9.17, 15) is 9.59 Å². The number of nitrogens with zero attached hydrogens (tertiary/aromatic N) is 1. The number of hydrogen-bond donors (Lipinski definition) is 2. The average molecular weight is 381 g/mol. The molecule has 0 radical (unpaired) electrons. The molecule has 0 bridgehead atoms. The highest BCUT2D eigenvalue weighted by Gasteiger charge is 2.28. The molecule has 1 saturated heterocycles. The van der Waals surface area contributed by atoms with E-state index in [1.165, 1.54) is 0 Å². The van der Waals surface area contributed by atoms with E-state index in [-0.39, 0.29) is 17.7 Å². The Morgan fingerprint density at radius 2 is 1.82 bits per heavy atom. The summed E-state index contributed by atoms with van der Waals surface area (Å²) in [5.41, 5.74) is 2.33. The zero-order valence-corrected chi connectivity index (χ0v) is 16.2. The number of carbonyl (C=O) groups excluding carboxylic acids is 2. The molecule has 0 aromatic heterocycles. The van der Waals surface area contributed by atoms with Crippen LogP contribution in [0.25, 0.3) is 0 Å². The molecule has 0 unspecified atom stereocenters. The Labute approximate surface area is 165 Å². The van der Waals surface area contributed by atoms with Crippen LogP contribution in [0.4, 0.5) is 11.4 Å². The van der Waals surface area contributed by atoms with Crippen molar-refractivity contribution in [2.75, 3.05) is 44.0 Å². The van der Waals surface area contributed by atoms with Gasteiger partial charge < -0.3 is 20.3 Å². The van der Waals surface area contributed by atoms with E-state index in [1.807, 2.05) is 48.5 Å². The average Bonchev–Trinajstić information content (AvgIpc) is 3.16. The Kier molecular flexibility index (Phi) is 7.17. The molecule has 2 aromatic carbocycles. The summed E-state index contributed by atoms with van der Waals surface area (Å²) in [6, 6.07) is 16.9. The van der Waals surface area contributed by atoms with Gasteiger partial charge in [-0.1, -0.05) is 36.4 Å². The molecule has 2 amide bonds. The van der Waals surface area contributed by atoms with Crippen LogP contribution >= 0.6 is 0 Å². The van der Waals surface area contributed by atoms with Gasteiger partial charge in [0.05, 0.1) is 18.9 Å². The molecule has 1 atom stereocenters. The third kappa shape index (κ3) is 5.90. The lowest BCUT2D eigenvalue weighted by molar-refractivity contribution is -0.119. The van der Waals surface area contributed by atoms with Gasteiger partial charge in [0.2, 0.25) is 11.8 Å². The normalized spacial score (nSPS) is 16.7. The third-order valence-electron chi connectivity index (χ3n) is 4.88. The molecule has 1 heterocycles. The minimum atomic E-state index is -0.0840. The van der Waals surface area contributed by atoms with Gasteiger partial charge in [-0.3, -0.25) is 9.59 Å². The molecule has 2 aromatic rings. The molecular weight excluding hydrogens is 354 g/mol. The molecule has 1 aliphatic heterocycles. The smallest absolute Gasteiger partial charge is 0.228 e. The molecule has 1 aliphatic rings. The van der Waals surface area contributed by atoms with Crippen LogP contribution in [0.1, 0.15) is 12.0 Å². The highest BCUT2D eigenvalue weighted by atomic mass is 16.5. The first-order valence-corrected chi connectivity index (χ1v) is 9.60. The van der Waals surface area contributed by atoms with E-state index < -0.39 is 0 Å². The molecule has 148 valence electrons. The summed E-state index contributed by atoms with van der Waals surface area (Å²) in [6.07, 6.45) is 1.17. The lowest BCUT2D eigenvalue weighted by Crippen LogP contribution is -2.29. The minimum Gasteiger partial charge on any atom is -0.383 e. The van der Waals surface area contributed by atoms with Gasteiger partial charge in [0.15, 0.2) is 0 Å². The van der Waals surface area contributed by atoms with Crippen LogP contribution in [-0.2, 0) is 20.7 Å². The van der Waals surface area contributed by atoms with Crippen LogP contribution in [0, 0.1) is 5.92 Å². The summed E-state index contributed by atoms with van der Waals surface area (Å²) in [4.78, 5) is 27.0. The SMILES string of the molecule is COCCN1CC[C@H](C(=O)Nc2cccc(NC(=O)Cc3ccccc3)c2)C1. The minimum absolute atomic E-state index is 0.0202. The Morgan fingerprint density at radius 1 is 1.07 bits per heavy atom. The van der Waals surface area contributed by atoms with Gasteiger partial charge in [0.25, 0.3) is 0 Å². The first-order chi connectivity index (χ1) is 13.6. The maximum absolute atomic E-state index is 12.6. The quantitative estimate of drug-likeness (QED) is 0.738. The monoisotopic (exact) mass is 381 g/mol. The number of benzene rings is 2. The third-order valence-corrected chi connectivity index (χ3v) is 4.88.